The molecule has 1 aromatic rings. The molecule has 0 unspecified atom stereocenters. The first-order valence-corrected chi connectivity index (χ1v) is 7.67. The molecule has 0 aromatic heterocycles. The van der Waals surface area contributed by atoms with Crippen LogP contribution < -0.4 is 9.47 Å². The van der Waals surface area contributed by atoms with Crippen LogP contribution in [0.1, 0.15) is 18.4 Å². The quantitative estimate of drug-likeness (QED) is 0.611. The lowest BCUT2D eigenvalue weighted by atomic mass is 10.0. The van der Waals surface area contributed by atoms with Gasteiger partial charge < -0.3 is 23.8 Å². The maximum atomic E-state index is 12.4. The predicted octanol–water partition coefficient (Wildman–Crippen LogP) is 1.57. The number of hydrogen-bond acceptors (Lipinski definition) is 7. The Kier molecular flexibility index (Phi) is 4.59. The maximum Gasteiger partial charge on any atom is 0.340 e. The van der Waals surface area contributed by atoms with Crippen LogP contribution in [0.4, 0.5) is 0 Å². The number of carbonyl (C=O) groups is 2. The second-order valence-corrected chi connectivity index (χ2v) is 5.48. The fraction of sp³-hybridized carbons (Fsp3) is 0.412. The van der Waals surface area contributed by atoms with Crippen molar-refractivity contribution in [2.24, 2.45) is 0 Å². The average molecular weight is 333 g/mol. The van der Waals surface area contributed by atoms with Crippen LogP contribution >= 0.6 is 0 Å². The number of likely N-dealkylation sites (tertiary alicyclic amines) is 1. The van der Waals surface area contributed by atoms with Gasteiger partial charge in [-0.25, -0.2) is 4.79 Å². The first-order chi connectivity index (χ1) is 11.6. The van der Waals surface area contributed by atoms with Gasteiger partial charge >= 0.3 is 11.9 Å². The molecular weight excluding hydrogens is 314 g/mol. The van der Waals surface area contributed by atoms with Crippen molar-refractivity contribution in [1.29, 1.82) is 0 Å². The zero-order valence-corrected chi connectivity index (χ0v) is 13.7. The summed E-state index contributed by atoms with van der Waals surface area (Å²) in [6, 6.07) is 5.32. The van der Waals surface area contributed by atoms with Crippen LogP contribution in [-0.4, -0.2) is 50.9 Å². The summed E-state index contributed by atoms with van der Waals surface area (Å²) >= 11 is 0. The van der Waals surface area contributed by atoms with Crippen molar-refractivity contribution in [3.8, 4) is 11.5 Å². The second-order valence-electron chi connectivity index (χ2n) is 5.48. The smallest absolute Gasteiger partial charge is 0.340 e. The predicted molar refractivity (Wildman–Crippen MR) is 84.3 cm³/mol. The van der Waals surface area contributed by atoms with Gasteiger partial charge in [-0.1, -0.05) is 6.07 Å². The molecule has 24 heavy (non-hydrogen) atoms. The minimum Gasteiger partial charge on any atom is -0.468 e. The molecule has 0 spiro atoms. The van der Waals surface area contributed by atoms with Crippen molar-refractivity contribution in [1.82, 2.24) is 4.90 Å². The fourth-order valence-electron chi connectivity index (χ4n) is 2.96. The van der Waals surface area contributed by atoms with Gasteiger partial charge in [-0.3, -0.25) is 4.79 Å². The first-order valence-electron chi connectivity index (χ1n) is 7.67. The van der Waals surface area contributed by atoms with E-state index in [9.17, 15) is 9.59 Å². The zero-order valence-electron chi connectivity index (χ0n) is 13.7. The molecule has 1 saturated heterocycles. The van der Waals surface area contributed by atoms with E-state index in [1.54, 1.807) is 18.2 Å². The van der Waals surface area contributed by atoms with Gasteiger partial charge in [0.1, 0.15) is 6.54 Å². The molecule has 0 amide bonds. The van der Waals surface area contributed by atoms with E-state index in [4.69, 9.17) is 18.9 Å². The van der Waals surface area contributed by atoms with E-state index in [1.165, 1.54) is 14.2 Å². The van der Waals surface area contributed by atoms with Crippen LogP contribution in [0.15, 0.2) is 23.9 Å². The van der Waals surface area contributed by atoms with Gasteiger partial charge in [-0.05, 0) is 30.5 Å². The number of ether oxygens (including phenoxy) is 4. The molecule has 3 rings (SSSR count). The normalized spacial score (nSPS) is 17.7. The standard InChI is InChI=1S/C17H19NO6/c1-21-15(19)9-18-7-3-4-12(18)16(17(20)22-2)11-5-6-13-14(8-11)24-10-23-13/h5-6,8H,3-4,7,9-10H2,1-2H3/b16-12+. The number of allylic oxidation sites excluding steroid dienone is 1. The first kappa shape index (κ1) is 16.2. The van der Waals surface area contributed by atoms with Crippen molar-refractivity contribution >= 4 is 17.5 Å². The van der Waals surface area contributed by atoms with Crippen molar-refractivity contribution in [2.75, 3.05) is 34.1 Å². The Bertz CT molecular complexity index is 696. The number of methoxy groups -OCH3 is 2. The Balaban J connectivity index is 2.02. The highest BCUT2D eigenvalue weighted by Gasteiger charge is 2.29. The fourth-order valence-corrected chi connectivity index (χ4v) is 2.96. The molecule has 0 N–H and O–H groups in total. The molecule has 2 heterocycles. The molecule has 0 bridgehead atoms. The summed E-state index contributed by atoms with van der Waals surface area (Å²) in [6.07, 6.45) is 1.55. The Morgan fingerprint density at radius 2 is 1.96 bits per heavy atom. The highest BCUT2D eigenvalue weighted by atomic mass is 16.7. The molecule has 7 heteroatoms. The third kappa shape index (κ3) is 3.02. The van der Waals surface area contributed by atoms with E-state index >= 15 is 0 Å². The molecule has 0 aliphatic carbocycles. The summed E-state index contributed by atoms with van der Waals surface area (Å²) < 4.78 is 20.4. The summed E-state index contributed by atoms with van der Waals surface area (Å²) in [5.74, 6) is 0.447. The third-order valence-corrected chi connectivity index (χ3v) is 4.11. The van der Waals surface area contributed by atoms with E-state index in [0.717, 1.165) is 12.1 Å². The van der Waals surface area contributed by atoms with Gasteiger partial charge in [0, 0.05) is 12.2 Å². The van der Waals surface area contributed by atoms with Crippen LogP contribution in [-0.2, 0) is 19.1 Å². The number of rotatable bonds is 4. The molecule has 1 fully saturated rings. The lowest BCUT2D eigenvalue weighted by Gasteiger charge is -2.21. The van der Waals surface area contributed by atoms with E-state index < -0.39 is 5.97 Å². The molecule has 1 aromatic carbocycles. The Hall–Kier alpha value is -2.70. The number of nitrogens with zero attached hydrogens (tertiary/aromatic N) is 1. The van der Waals surface area contributed by atoms with Gasteiger partial charge in [-0.15, -0.1) is 0 Å². The second kappa shape index (κ2) is 6.82. The van der Waals surface area contributed by atoms with Gasteiger partial charge in [0.05, 0.1) is 19.8 Å². The van der Waals surface area contributed by atoms with Gasteiger partial charge in [0.25, 0.3) is 0 Å². The highest BCUT2D eigenvalue weighted by molar-refractivity contribution is 6.17. The zero-order chi connectivity index (χ0) is 17.1. The molecule has 0 saturated carbocycles. The number of benzene rings is 1. The SMILES string of the molecule is COC(=O)CN1CCC/C1=C(\C(=O)OC)c1ccc2c(c1)OCO2. The molecule has 7 nitrogen and oxygen atoms in total. The summed E-state index contributed by atoms with van der Waals surface area (Å²) in [5, 5.41) is 0. The van der Waals surface area contributed by atoms with E-state index in [2.05, 4.69) is 0 Å². The van der Waals surface area contributed by atoms with Crippen LogP contribution in [0, 0.1) is 0 Å². The van der Waals surface area contributed by atoms with Crippen LogP contribution in [0.5, 0.6) is 11.5 Å². The summed E-state index contributed by atoms with van der Waals surface area (Å²) in [7, 11) is 2.69. The van der Waals surface area contributed by atoms with Crippen molar-refractivity contribution < 1.29 is 28.5 Å². The number of esters is 2. The van der Waals surface area contributed by atoms with Crippen molar-refractivity contribution in [3.05, 3.63) is 29.5 Å². The van der Waals surface area contributed by atoms with Crippen LogP contribution in [0.3, 0.4) is 0 Å². The summed E-state index contributed by atoms with van der Waals surface area (Å²) in [5.41, 5.74) is 1.90. The number of fused-ring (bicyclic) bond motifs is 1. The lowest BCUT2D eigenvalue weighted by Crippen LogP contribution is -2.28. The molecule has 2 aliphatic rings. The van der Waals surface area contributed by atoms with E-state index in [1.807, 2.05) is 4.90 Å². The van der Waals surface area contributed by atoms with Crippen molar-refractivity contribution in [3.63, 3.8) is 0 Å². The average Bonchev–Trinajstić information content (AvgIpc) is 3.24. The Morgan fingerprint density at radius 3 is 2.71 bits per heavy atom. The number of hydrogen-bond donors (Lipinski definition) is 0. The number of carbonyl (C=O) groups excluding carboxylic acids is 2. The van der Waals surface area contributed by atoms with Gasteiger partial charge in [0.2, 0.25) is 6.79 Å². The topological polar surface area (TPSA) is 74.3 Å². The highest BCUT2D eigenvalue weighted by Crippen LogP contribution is 2.37. The van der Waals surface area contributed by atoms with E-state index in [0.29, 0.717) is 35.6 Å². The van der Waals surface area contributed by atoms with Gasteiger partial charge in [-0.2, -0.15) is 0 Å². The Labute approximate surface area is 139 Å². The minimum atomic E-state index is -0.444. The molecular formula is C17H19NO6. The van der Waals surface area contributed by atoms with Crippen LogP contribution in [0.25, 0.3) is 5.57 Å². The monoisotopic (exact) mass is 333 g/mol. The largest absolute Gasteiger partial charge is 0.468 e. The van der Waals surface area contributed by atoms with Gasteiger partial charge in [0.15, 0.2) is 11.5 Å². The van der Waals surface area contributed by atoms with Crippen molar-refractivity contribution in [2.45, 2.75) is 12.8 Å². The summed E-state index contributed by atoms with van der Waals surface area (Å²) in [4.78, 5) is 25.9. The minimum absolute atomic E-state index is 0.108. The Morgan fingerprint density at radius 1 is 1.17 bits per heavy atom. The summed E-state index contributed by atoms with van der Waals surface area (Å²) in [6.45, 7) is 0.962. The molecule has 0 atom stereocenters. The molecule has 128 valence electrons. The maximum absolute atomic E-state index is 12.4. The molecule has 2 aliphatic heterocycles. The lowest BCUT2D eigenvalue weighted by molar-refractivity contribution is -0.141. The van der Waals surface area contributed by atoms with Crippen LogP contribution in [0.2, 0.25) is 0 Å². The third-order valence-electron chi connectivity index (χ3n) is 4.11. The molecule has 0 radical (unpaired) electrons. The van der Waals surface area contributed by atoms with E-state index in [-0.39, 0.29) is 19.3 Å².